The van der Waals surface area contributed by atoms with Gasteiger partial charge in [-0.3, -0.25) is 4.79 Å². The highest BCUT2D eigenvalue weighted by atomic mass is 32.2. The molecule has 9 heteroatoms. The van der Waals surface area contributed by atoms with Crippen LogP contribution in [0, 0.1) is 6.92 Å². The van der Waals surface area contributed by atoms with Gasteiger partial charge in [-0.05, 0) is 44.2 Å². The number of carbonyl (C=O) groups excluding carboxylic acids is 1. The predicted octanol–water partition coefficient (Wildman–Crippen LogP) is 2.98. The summed E-state index contributed by atoms with van der Waals surface area (Å²) in [6, 6.07) is 12.6. The number of rotatable bonds is 6. The van der Waals surface area contributed by atoms with E-state index in [2.05, 4.69) is 20.2 Å². The van der Waals surface area contributed by atoms with E-state index in [4.69, 9.17) is 4.52 Å². The molecule has 0 atom stereocenters. The summed E-state index contributed by atoms with van der Waals surface area (Å²) < 4.78 is 32.2. The number of benzene rings is 2. The van der Waals surface area contributed by atoms with Gasteiger partial charge >= 0.3 is 0 Å². The average Bonchev–Trinajstić information content (AvgIpc) is 3.07. The lowest BCUT2D eigenvalue weighted by atomic mass is 10.1. The van der Waals surface area contributed by atoms with Gasteiger partial charge in [-0.1, -0.05) is 23.4 Å². The van der Waals surface area contributed by atoms with E-state index in [1.165, 1.54) is 18.2 Å². The van der Waals surface area contributed by atoms with E-state index < -0.39 is 15.9 Å². The third-order valence-corrected chi connectivity index (χ3v) is 5.40. The Morgan fingerprint density at radius 3 is 2.54 bits per heavy atom. The van der Waals surface area contributed by atoms with Crippen LogP contribution >= 0.6 is 0 Å². The van der Waals surface area contributed by atoms with Crippen molar-refractivity contribution in [1.29, 1.82) is 0 Å². The predicted molar refractivity (Wildman–Crippen MR) is 104 cm³/mol. The fourth-order valence-electron chi connectivity index (χ4n) is 2.57. The van der Waals surface area contributed by atoms with Gasteiger partial charge in [0.15, 0.2) is 0 Å². The van der Waals surface area contributed by atoms with Gasteiger partial charge in [0.2, 0.25) is 21.7 Å². The molecule has 0 bridgehead atoms. The van der Waals surface area contributed by atoms with E-state index in [1.54, 1.807) is 51.1 Å². The molecule has 0 radical (unpaired) electrons. The maximum Gasteiger partial charge on any atom is 0.255 e. The minimum absolute atomic E-state index is 0.0240. The second-order valence-electron chi connectivity index (χ2n) is 6.44. The minimum atomic E-state index is -3.70. The Bertz CT molecular complexity index is 1110. The number of para-hydroxylation sites is 1. The topological polar surface area (TPSA) is 114 Å². The Kier molecular flexibility index (Phi) is 5.57. The molecule has 1 amide bonds. The van der Waals surface area contributed by atoms with Gasteiger partial charge in [0, 0.05) is 24.1 Å². The maximum absolute atomic E-state index is 12.7. The fourth-order valence-corrected chi connectivity index (χ4v) is 3.87. The van der Waals surface area contributed by atoms with E-state index in [0.717, 1.165) is 0 Å². The largest absolute Gasteiger partial charge is 0.339 e. The van der Waals surface area contributed by atoms with Gasteiger partial charge in [0.25, 0.3) is 5.91 Å². The number of sulfonamides is 1. The van der Waals surface area contributed by atoms with Crippen LogP contribution in [0.2, 0.25) is 0 Å². The van der Waals surface area contributed by atoms with E-state index in [0.29, 0.717) is 23.0 Å². The van der Waals surface area contributed by atoms with Crippen LogP contribution < -0.4 is 10.0 Å². The van der Waals surface area contributed by atoms with E-state index in [-0.39, 0.29) is 16.5 Å². The number of aromatic nitrogens is 2. The number of carbonyl (C=O) groups is 1. The summed E-state index contributed by atoms with van der Waals surface area (Å²) in [5, 5.41) is 6.65. The standard InChI is InChI=1S/C19H20N4O4S/c1-12(2)23-28(25,26)15-8-6-7-14(11-15)19(24)21-17-10-5-4-9-16(17)18-20-13(3)27-22-18/h4-12,23H,1-3H3,(H,21,24). The highest BCUT2D eigenvalue weighted by Gasteiger charge is 2.18. The van der Waals surface area contributed by atoms with Crippen molar-refractivity contribution in [3.8, 4) is 11.4 Å². The van der Waals surface area contributed by atoms with Crippen LogP contribution in [0.25, 0.3) is 11.4 Å². The lowest BCUT2D eigenvalue weighted by Crippen LogP contribution is -2.30. The highest BCUT2D eigenvalue weighted by molar-refractivity contribution is 7.89. The molecule has 0 saturated carbocycles. The molecule has 28 heavy (non-hydrogen) atoms. The molecule has 3 rings (SSSR count). The van der Waals surface area contributed by atoms with Crippen molar-refractivity contribution in [1.82, 2.24) is 14.9 Å². The first kappa shape index (κ1) is 19.7. The second-order valence-corrected chi connectivity index (χ2v) is 8.15. The molecule has 2 N–H and O–H groups in total. The van der Waals surface area contributed by atoms with Crippen molar-refractivity contribution >= 4 is 21.6 Å². The molecule has 0 aliphatic heterocycles. The number of hydrogen-bond acceptors (Lipinski definition) is 6. The molecule has 3 aromatic rings. The van der Waals surface area contributed by atoms with Crippen molar-refractivity contribution in [2.45, 2.75) is 31.7 Å². The molecular weight excluding hydrogens is 380 g/mol. The van der Waals surface area contributed by atoms with E-state index in [1.807, 2.05) is 0 Å². The highest BCUT2D eigenvalue weighted by Crippen LogP contribution is 2.26. The van der Waals surface area contributed by atoms with E-state index in [9.17, 15) is 13.2 Å². The summed E-state index contributed by atoms with van der Waals surface area (Å²) in [7, 11) is -3.70. The maximum atomic E-state index is 12.7. The molecule has 0 fully saturated rings. The van der Waals surface area contributed by atoms with Crippen molar-refractivity contribution in [3.63, 3.8) is 0 Å². The normalized spacial score (nSPS) is 11.6. The summed E-state index contributed by atoms with van der Waals surface area (Å²) >= 11 is 0. The second kappa shape index (κ2) is 7.91. The summed E-state index contributed by atoms with van der Waals surface area (Å²) in [5.41, 5.74) is 1.30. The first-order valence-corrected chi connectivity index (χ1v) is 10.1. The molecule has 0 aliphatic carbocycles. The Morgan fingerprint density at radius 2 is 1.86 bits per heavy atom. The van der Waals surface area contributed by atoms with Crippen molar-refractivity contribution < 1.29 is 17.7 Å². The summed E-state index contributed by atoms with van der Waals surface area (Å²) in [5.74, 6) is 0.312. The van der Waals surface area contributed by atoms with Crippen molar-refractivity contribution in [2.24, 2.45) is 0 Å². The van der Waals surface area contributed by atoms with Gasteiger partial charge in [0.1, 0.15) is 0 Å². The zero-order chi connectivity index (χ0) is 20.3. The molecule has 146 valence electrons. The summed E-state index contributed by atoms with van der Waals surface area (Å²) in [4.78, 5) is 16.9. The SMILES string of the molecule is Cc1nc(-c2ccccc2NC(=O)c2cccc(S(=O)(=O)NC(C)C)c2)no1. The van der Waals surface area contributed by atoms with Crippen LogP contribution in [-0.2, 0) is 10.0 Å². The molecule has 0 aliphatic rings. The van der Waals surface area contributed by atoms with Gasteiger partial charge < -0.3 is 9.84 Å². The van der Waals surface area contributed by atoms with Gasteiger partial charge in [-0.2, -0.15) is 4.98 Å². The molecule has 1 aromatic heterocycles. The molecule has 1 heterocycles. The van der Waals surface area contributed by atoms with Crippen molar-refractivity contribution in [2.75, 3.05) is 5.32 Å². The molecule has 0 spiro atoms. The van der Waals surface area contributed by atoms with Gasteiger partial charge in [-0.25, -0.2) is 13.1 Å². The van der Waals surface area contributed by atoms with Crippen molar-refractivity contribution in [3.05, 3.63) is 60.0 Å². The Labute approximate surface area is 163 Å². The number of amides is 1. The van der Waals surface area contributed by atoms with Crippen LogP contribution in [0.5, 0.6) is 0 Å². The molecule has 0 unspecified atom stereocenters. The number of nitrogens with zero attached hydrogens (tertiary/aromatic N) is 2. The molecule has 0 saturated heterocycles. The van der Waals surface area contributed by atoms with Gasteiger partial charge in [0.05, 0.1) is 10.6 Å². The molecule has 8 nitrogen and oxygen atoms in total. The number of aryl methyl sites for hydroxylation is 1. The van der Waals surface area contributed by atoms with Crippen LogP contribution in [0.3, 0.4) is 0 Å². The Balaban J connectivity index is 1.88. The van der Waals surface area contributed by atoms with Crippen LogP contribution in [0.15, 0.2) is 57.9 Å². The molecular formula is C19H20N4O4S. The first-order valence-electron chi connectivity index (χ1n) is 8.60. The first-order chi connectivity index (χ1) is 13.3. The third-order valence-electron chi connectivity index (χ3n) is 3.74. The monoisotopic (exact) mass is 400 g/mol. The number of nitrogens with one attached hydrogen (secondary N) is 2. The fraction of sp³-hybridized carbons (Fsp3) is 0.211. The lowest BCUT2D eigenvalue weighted by Gasteiger charge is -2.12. The number of hydrogen-bond donors (Lipinski definition) is 2. The zero-order valence-corrected chi connectivity index (χ0v) is 16.4. The summed E-state index contributed by atoms with van der Waals surface area (Å²) in [6.07, 6.45) is 0. The zero-order valence-electron chi connectivity index (χ0n) is 15.6. The third kappa shape index (κ3) is 4.44. The summed E-state index contributed by atoms with van der Waals surface area (Å²) in [6.45, 7) is 5.13. The average molecular weight is 400 g/mol. The minimum Gasteiger partial charge on any atom is -0.339 e. The molecule has 2 aromatic carbocycles. The number of anilines is 1. The van der Waals surface area contributed by atoms with Crippen LogP contribution in [0.4, 0.5) is 5.69 Å². The smallest absolute Gasteiger partial charge is 0.255 e. The van der Waals surface area contributed by atoms with Gasteiger partial charge in [-0.15, -0.1) is 0 Å². The van der Waals surface area contributed by atoms with Crippen LogP contribution in [-0.4, -0.2) is 30.5 Å². The van der Waals surface area contributed by atoms with Crippen LogP contribution in [0.1, 0.15) is 30.1 Å². The Hall–Kier alpha value is -3.04. The van der Waals surface area contributed by atoms with E-state index >= 15 is 0 Å². The lowest BCUT2D eigenvalue weighted by molar-refractivity contribution is 0.102. The quantitative estimate of drug-likeness (QED) is 0.657. The Morgan fingerprint density at radius 1 is 1.11 bits per heavy atom.